The summed E-state index contributed by atoms with van der Waals surface area (Å²) in [6.07, 6.45) is 2.92. The smallest absolute Gasteiger partial charge is 0.322 e. The fourth-order valence-electron chi connectivity index (χ4n) is 2.47. The lowest BCUT2D eigenvalue weighted by Gasteiger charge is -2.21. The molecule has 0 bridgehead atoms. The van der Waals surface area contributed by atoms with Crippen LogP contribution < -0.4 is 10.2 Å². The summed E-state index contributed by atoms with van der Waals surface area (Å²) in [5.74, 6) is -0.558. The van der Waals surface area contributed by atoms with Crippen LogP contribution in [0.1, 0.15) is 24.8 Å². The number of carboxylic acid groups (broad SMARTS) is 1. The zero-order valence-electron chi connectivity index (χ0n) is 12.2. The third kappa shape index (κ3) is 3.50. The van der Waals surface area contributed by atoms with Gasteiger partial charge in [-0.15, -0.1) is 0 Å². The Balaban J connectivity index is 2.11. The van der Waals surface area contributed by atoms with Crippen molar-refractivity contribution in [3.63, 3.8) is 0 Å². The number of carbonyl (C=O) groups is 2. The van der Waals surface area contributed by atoms with Gasteiger partial charge in [0, 0.05) is 18.3 Å². The van der Waals surface area contributed by atoms with Gasteiger partial charge in [-0.25, -0.2) is 4.79 Å². The predicted octanol–water partition coefficient (Wildman–Crippen LogP) is 2.53. The van der Waals surface area contributed by atoms with Gasteiger partial charge >= 0.3 is 12.0 Å². The monoisotopic (exact) mass is 308 g/mol. The molecule has 0 aliphatic carbocycles. The number of para-hydroxylation sites is 1. The molecule has 21 heavy (non-hydrogen) atoms. The minimum absolute atomic E-state index is 0.0704. The number of hydrogen-bond donors (Lipinski definition) is 2. The Morgan fingerprint density at radius 2 is 2.19 bits per heavy atom. The number of carboxylic acids is 1. The highest BCUT2D eigenvalue weighted by atomic mass is 32.2. The minimum Gasteiger partial charge on any atom is -0.481 e. The summed E-state index contributed by atoms with van der Waals surface area (Å²) in [7, 11) is 0. The molecule has 2 N–H and O–H groups in total. The van der Waals surface area contributed by atoms with Gasteiger partial charge in [-0.1, -0.05) is 18.2 Å². The second-order valence-electron chi connectivity index (χ2n) is 5.19. The van der Waals surface area contributed by atoms with E-state index in [0.29, 0.717) is 11.3 Å². The van der Waals surface area contributed by atoms with Crippen LogP contribution in [0.2, 0.25) is 0 Å². The number of urea groups is 1. The summed E-state index contributed by atoms with van der Waals surface area (Å²) in [5, 5.41) is 12.2. The fraction of sp³-hybridized carbons (Fsp3) is 0.467. The molecule has 0 saturated heterocycles. The maximum absolute atomic E-state index is 12.4. The van der Waals surface area contributed by atoms with Gasteiger partial charge < -0.3 is 10.4 Å². The SMILES string of the molecule is CSCCC(C)NC(=O)N1CC(C(=O)O)c2ccccc21. The maximum atomic E-state index is 12.4. The maximum Gasteiger partial charge on any atom is 0.322 e. The lowest BCUT2D eigenvalue weighted by molar-refractivity contribution is -0.138. The van der Waals surface area contributed by atoms with Crippen LogP contribution in [-0.2, 0) is 4.79 Å². The Morgan fingerprint density at radius 1 is 1.48 bits per heavy atom. The van der Waals surface area contributed by atoms with E-state index in [1.54, 1.807) is 30.0 Å². The van der Waals surface area contributed by atoms with Crippen LogP contribution in [0.25, 0.3) is 0 Å². The van der Waals surface area contributed by atoms with Crippen LogP contribution in [-0.4, -0.2) is 41.7 Å². The van der Waals surface area contributed by atoms with Crippen LogP contribution in [0.3, 0.4) is 0 Å². The largest absolute Gasteiger partial charge is 0.481 e. The van der Waals surface area contributed by atoms with Crippen LogP contribution >= 0.6 is 11.8 Å². The fourth-order valence-corrected chi connectivity index (χ4v) is 3.06. The quantitative estimate of drug-likeness (QED) is 0.877. The number of fused-ring (bicyclic) bond motifs is 1. The van der Waals surface area contributed by atoms with Crippen molar-refractivity contribution >= 4 is 29.4 Å². The predicted molar refractivity (Wildman–Crippen MR) is 85.2 cm³/mol. The number of aliphatic carboxylic acids is 1. The molecular formula is C15H20N2O3S. The van der Waals surface area contributed by atoms with E-state index in [0.717, 1.165) is 12.2 Å². The zero-order valence-corrected chi connectivity index (χ0v) is 13.0. The molecule has 1 heterocycles. The van der Waals surface area contributed by atoms with E-state index < -0.39 is 11.9 Å². The van der Waals surface area contributed by atoms with E-state index in [-0.39, 0.29) is 18.6 Å². The number of amides is 2. The molecule has 2 unspecified atom stereocenters. The summed E-state index contributed by atoms with van der Waals surface area (Å²) >= 11 is 1.74. The molecule has 1 aromatic carbocycles. The van der Waals surface area contributed by atoms with Crippen molar-refractivity contribution in [2.24, 2.45) is 0 Å². The standard InChI is InChI=1S/C15H20N2O3S/c1-10(7-8-21-2)16-15(20)17-9-12(14(18)19)11-5-3-4-6-13(11)17/h3-6,10,12H,7-9H2,1-2H3,(H,16,20)(H,18,19). The van der Waals surface area contributed by atoms with Crippen molar-refractivity contribution in [2.75, 3.05) is 23.5 Å². The Morgan fingerprint density at radius 3 is 2.86 bits per heavy atom. The number of nitrogens with zero attached hydrogens (tertiary/aromatic N) is 1. The molecule has 114 valence electrons. The molecule has 2 atom stereocenters. The molecule has 5 nitrogen and oxygen atoms in total. The highest BCUT2D eigenvalue weighted by Gasteiger charge is 2.36. The molecule has 0 radical (unpaired) electrons. The van der Waals surface area contributed by atoms with Gasteiger partial charge in [-0.3, -0.25) is 9.69 Å². The van der Waals surface area contributed by atoms with Crippen molar-refractivity contribution in [2.45, 2.75) is 25.3 Å². The van der Waals surface area contributed by atoms with E-state index in [1.165, 1.54) is 4.90 Å². The van der Waals surface area contributed by atoms with E-state index in [4.69, 9.17) is 0 Å². The van der Waals surface area contributed by atoms with Crippen molar-refractivity contribution in [3.05, 3.63) is 29.8 Å². The molecule has 0 fully saturated rings. The number of hydrogen-bond acceptors (Lipinski definition) is 3. The lowest BCUT2D eigenvalue weighted by Crippen LogP contribution is -2.44. The van der Waals surface area contributed by atoms with Gasteiger partial charge in [0.25, 0.3) is 0 Å². The highest BCUT2D eigenvalue weighted by molar-refractivity contribution is 7.98. The number of carbonyl (C=O) groups excluding carboxylic acids is 1. The first-order valence-corrected chi connectivity index (χ1v) is 8.32. The summed E-state index contributed by atoms with van der Waals surface area (Å²) in [6, 6.07) is 7.04. The number of nitrogens with one attached hydrogen (secondary N) is 1. The first kappa shape index (κ1) is 15.7. The number of anilines is 1. The second kappa shape index (κ2) is 6.85. The Bertz CT molecular complexity index is 535. The molecule has 1 aliphatic heterocycles. The van der Waals surface area contributed by atoms with Crippen molar-refractivity contribution in [1.29, 1.82) is 0 Å². The number of thioether (sulfide) groups is 1. The van der Waals surface area contributed by atoms with Gasteiger partial charge in [0.1, 0.15) is 5.92 Å². The number of benzene rings is 1. The van der Waals surface area contributed by atoms with Crippen LogP contribution in [0.4, 0.5) is 10.5 Å². The number of rotatable bonds is 5. The van der Waals surface area contributed by atoms with Crippen LogP contribution in [0.15, 0.2) is 24.3 Å². The van der Waals surface area contributed by atoms with Gasteiger partial charge in [0.15, 0.2) is 0 Å². The first-order chi connectivity index (χ1) is 10.0. The van der Waals surface area contributed by atoms with E-state index in [2.05, 4.69) is 5.32 Å². The molecule has 2 rings (SSSR count). The van der Waals surface area contributed by atoms with Crippen molar-refractivity contribution < 1.29 is 14.7 Å². The minimum atomic E-state index is -0.895. The third-order valence-corrected chi connectivity index (χ3v) is 4.28. The van der Waals surface area contributed by atoms with Crippen LogP contribution in [0.5, 0.6) is 0 Å². The Kier molecular flexibility index (Phi) is 5.12. The van der Waals surface area contributed by atoms with E-state index in [1.807, 2.05) is 19.2 Å². The summed E-state index contributed by atoms with van der Waals surface area (Å²) in [5.41, 5.74) is 1.40. The van der Waals surface area contributed by atoms with Crippen molar-refractivity contribution in [1.82, 2.24) is 5.32 Å². The van der Waals surface area contributed by atoms with Gasteiger partial charge in [0.05, 0.1) is 0 Å². The lowest BCUT2D eigenvalue weighted by atomic mass is 10.0. The topological polar surface area (TPSA) is 69.6 Å². The molecule has 0 spiro atoms. The Labute approximate surface area is 128 Å². The molecule has 0 aromatic heterocycles. The van der Waals surface area contributed by atoms with Crippen LogP contribution in [0, 0.1) is 0 Å². The van der Waals surface area contributed by atoms with Crippen molar-refractivity contribution in [3.8, 4) is 0 Å². The summed E-state index contributed by atoms with van der Waals surface area (Å²) < 4.78 is 0. The normalized spacial score (nSPS) is 18.2. The van der Waals surface area contributed by atoms with Gasteiger partial charge in [0.2, 0.25) is 0 Å². The average Bonchev–Trinajstić information content (AvgIpc) is 2.85. The molecule has 0 saturated carbocycles. The molecule has 1 aromatic rings. The van der Waals surface area contributed by atoms with Gasteiger partial charge in [-0.05, 0) is 37.0 Å². The van der Waals surface area contributed by atoms with Gasteiger partial charge in [-0.2, -0.15) is 11.8 Å². The molecule has 1 aliphatic rings. The third-order valence-electron chi connectivity index (χ3n) is 3.64. The average molecular weight is 308 g/mol. The first-order valence-electron chi connectivity index (χ1n) is 6.93. The molecular weight excluding hydrogens is 288 g/mol. The zero-order chi connectivity index (χ0) is 15.4. The highest BCUT2D eigenvalue weighted by Crippen LogP contribution is 2.36. The van der Waals surface area contributed by atoms with E-state index >= 15 is 0 Å². The Hall–Kier alpha value is -1.69. The molecule has 6 heteroatoms. The summed E-state index contributed by atoms with van der Waals surface area (Å²) in [6.45, 7) is 2.15. The second-order valence-corrected chi connectivity index (χ2v) is 6.18. The molecule has 2 amide bonds. The summed E-state index contributed by atoms with van der Waals surface area (Å²) in [4.78, 5) is 25.2. The van der Waals surface area contributed by atoms with E-state index in [9.17, 15) is 14.7 Å².